The first-order valence-corrected chi connectivity index (χ1v) is 8.20. The number of aldehydes is 1. The van der Waals surface area contributed by atoms with Gasteiger partial charge in [-0.1, -0.05) is 0 Å². The lowest BCUT2D eigenvalue weighted by molar-refractivity contribution is -0.129. The van der Waals surface area contributed by atoms with Crippen LogP contribution in [0.1, 0.15) is 23.2 Å². The molecule has 0 spiro atoms. The molecule has 7 heteroatoms. The standard InChI is InChI=1S/C18H19N3O4/c22-9-10-25-13-3-4-14-15(5-6-19-16(14)11-13)18(24)20-12-17(23)21-7-1-2-8-21/h3-6,9,11H,1-2,7-8,10,12H2,(H,20,24). The molecule has 25 heavy (non-hydrogen) atoms. The number of pyridine rings is 1. The van der Waals surface area contributed by atoms with Crippen molar-refractivity contribution in [2.45, 2.75) is 12.8 Å². The highest BCUT2D eigenvalue weighted by Crippen LogP contribution is 2.22. The highest BCUT2D eigenvalue weighted by Gasteiger charge is 2.19. The van der Waals surface area contributed by atoms with E-state index >= 15 is 0 Å². The lowest BCUT2D eigenvalue weighted by atomic mass is 10.1. The van der Waals surface area contributed by atoms with Crippen molar-refractivity contribution < 1.29 is 19.1 Å². The van der Waals surface area contributed by atoms with Crippen molar-refractivity contribution in [1.29, 1.82) is 0 Å². The number of fused-ring (bicyclic) bond motifs is 1. The van der Waals surface area contributed by atoms with Gasteiger partial charge in [-0.05, 0) is 31.0 Å². The van der Waals surface area contributed by atoms with Gasteiger partial charge in [0, 0.05) is 30.7 Å². The molecule has 1 aliphatic heterocycles. The van der Waals surface area contributed by atoms with Crippen LogP contribution in [0.4, 0.5) is 0 Å². The molecule has 7 nitrogen and oxygen atoms in total. The summed E-state index contributed by atoms with van der Waals surface area (Å²) in [5.41, 5.74) is 1.03. The van der Waals surface area contributed by atoms with E-state index < -0.39 is 0 Å². The Bertz CT molecular complexity index is 800. The molecule has 130 valence electrons. The van der Waals surface area contributed by atoms with Gasteiger partial charge in [0.1, 0.15) is 12.4 Å². The third-order valence-corrected chi connectivity index (χ3v) is 4.14. The molecule has 0 aliphatic carbocycles. The summed E-state index contributed by atoms with van der Waals surface area (Å²) >= 11 is 0. The Morgan fingerprint density at radius 1 is 1.24 bits per heavy atom. The van der Waals surface area contributed by atoms with Crippen LogP contribution in [-0.4, -0.2) is 54.2 Å². The predicted octanol–water partition coefficient (Wildman–Crippen LogP) is 1.16. The van der Waals surface area contributed by atoms with Gasteiger partial charge in [-0.2, -0.15) is 0 Å². The van der Waals surface area contributed by atoms with Crippen molar-refractivity contribution in [1.82, 2.24) is 15.2 Å². The van der Waals surface area contributed by atoms with Crippen molar-refractivity contribution in [2.24, 2.45) is 0 Å². The van der Waals surface area contributed by atoms with Crippen LogP contribution in [0.15, 0.2) is 30.5 Å². The molecule has 1 aliphatic rings. The summed E-state index contributed by atoms with van der Waals surface area (Å²) in [6.45, 7) is 1.47. The number of carbonyl (C=O) groups excluding carboxylic acids is 3. The maximum atomic E-state index is 12.4. The number of carbonyl (C=O) groups is 3. The molecule has 0 atom stereocenters. The van der Waals surface area contributed by atoms with Crippen LogP contribution in [0.5, 0.6) is 5.75 Å². The minimum Gasteiger partial charge on any atom is -0.486 e. The lowest BCUT2D eigenvalue weighted by Gasteiger charge is -2.15. The van der Waals surface area contributed by atoms with Gasteiger partial charge in [0.05, 0.1) is 17.6 Å². The number of benzene rings is 1. The molecule has 0 saturated carbocycles. The van der Waals surface area contributed by atoms with Crippen LogP contribution in [-0.2, 0) is 9.59 Å². The van der Waals surface area contributed by atoms with Crippen molar-refractivity contribution in [2.75, 3.05) is 26.2 Å². The Labute approximate surface area is 145 Å². The van der Waals surface area contributed by atoms with Gasteiger partial charge in [-0.15, -0.1) is 0 Å². The summed E-state index contributed by atoms with van der Waals surface area (Å²) in [6.07, 6.45) is 4.23. The van der Waals surface area contributed by atoms with Crippen LogP contribution in [0.2, 0.25) is 0 Å². The second kappa shape index (κ2) is 7.74. The molecular formula is C18H19N3O4. The molecule has 2 heterocycles. The van der Waals surface area contributed by atoms with E-state index in [2.05, 4.69) is 10.3 Å². The fraction of sp³-hybridized carbons (Fsp3) is 0.333. The molecule has 1 fully saturated rings. The summed E-state index contributed by atoms with van der Waals surface area (Å²) < 4.78 is 5.24. The smallest absolute Gasteiger partial charge is 0.252 e. The van der Waals surface area contributed by atoms with Gasteiger partial charge < -0.3 is 15.0 Å². The lowest BCUT2D eigenvalue weighted by Crippen LogP contribution is -2.38. The van der Waals surface area contributed by atoms with Gasteiger partial charge in [0.15, 0.2) is 6.29 Å². The second-order valence-electron chi connectivity index (χ2n) is 5.79. The zero-order valence-electron chi connectivity index (χ0n) is 13.7. The van der Waals surface area contributed by atoms with Crippen LogP contribution in [0.3, 0.4) is 0 Å². The monoisotopic (exact) mass is 341 g/mol. The molecule has 2 amide bonds. The first kappa shape index (κ1) is 16.9. The maximum Gasteiger partial charge on any atom is 0.252 e. The van der Waals surface area contributed by atoms with Crippen molar-refractivity contribution in [3.8, 4) is 5.75 Å². The fourth-order valence-corrected chi connectivity index (χ4v) is 2.88. The van der Waals surface area contributed by atoms with Crippen molar-refractivity contribution in [3.63, 3.8) is 0 Å². The Balaban J connectivity index is 1.72. The van der Waals surface area contributed by atoms with E-state index in [4.69, 9.17) is 4.74 Å². The summed E-state index contributed by atoms with van der Waals surface area (Å²) in [7, 11) is 0. The number of nitrogens with one attached hydrogen (secondary N) is 1. The average Bonchev–Trinajstić information content (AvgIpc) is 3.18. The third kappa shape index (κ3) is 3.93. The summed E-state index contributed by atoms with van der Waals surface area (Å²) in [5, 5.41) is 3.34. The maximum absolute atomic E-state index is 12.4. The Hall–Kier alpha value is -2.96. The number of nitrogens with zero attached hydrogens (tertiary/aromatic N) is 2. The average molecular weight is 341 g/mol. The number of ether oxygens (including phenoxy) is 1. The predicted molar refractivity (Wildman–Crippen MR) is 91.4 cm³/mol. The fourth-order valence-electron chi connectivity index (χ4n) is 2.88. The van der Waals surface area contributed by atoms with E-state index in [1.165, 1.54) is 6.20 Å². The number of likely N-dealkylation sites (tertiary alicyclic amines) is 1. The van der Waals surface area contributed by atoms with Crippen molar-refractivity contribution in [3.05, 3.63) is 36.0 Å². The quantitative estimate of drug-likeness (QED) is 0.797. The third-order valence-electron chi connectivity index (χ3n) is 4.14. The van der Waals surface area contributed by atoms with E-state index in [1.54, 1.807) is 29.2 Å². The van der Waals surface area contributed by atoms with Gasteiger partial charge in [0.2, 0.25) is 5.91 Å². The zero-order valence-corrected chi connectivity index (χ0v) is 13.7. The molecule has 1 aromatic heterocycles. The van der Waals surface area contributed by atoms with Crippen LogP contribution in [0, 0.1) is 0 Å². The molecule has 3 rings (SSSR count). The molecule has 1 N–H and O–H groups in total. The Kier molecular flexibility index (Phi) is 5.23. The summed E-state index contributed by atoms with van der Waals surface area (Å²) in [5.74, 6) is 0.129. The highest BCUT2D eigenvalue weighted by molar-refractivity contribution is 6.07. The Morgan fingerprint density at radius 3 is 2.80 bits per heavy atom. The molecule has 0 unspecified atom stereocenters. The molecule has 1 saturated heterocycles. The number of rotatable bonds is 6. The van der Waals surface area contributed by atoms with Crippen LogP contribution >= 0.6 is 0 Å². The van der Waals surface area contributed by atoms with Gasteiger partial charge >= 0.3 is 0 Å². The van der Waals surface area contributed by atoms with Gasteiger partial charge in [0.25, 0.3) is 5.91 Å². The largest absolute Gasteiger partial charge is 0.486 e. The summed E-state index contributed by atoms with van der Waals surface area (Å²) in [4.78, 5) is 40.9. The zero-order chi connectivity index (χ0) is 17.6. The van der Waals surface area contributed by atoms with E-state index in [-0.39, 0.29) is 25.0 Å². The number of hydrogen-bond donors (Lipinski definition) is 1. The molecule has 2 aromatic rings. The topological polar surface area (TPSA) is 88.6 Å². The number of aromatic nitrogens is 1. The van der Waals surface area contributed by atoms with Gasteiger partial charge in [-0.25, -0.2) is 0 Å². The molecule has 0 bridgehead atoms. The van der Waals surface area contributed by atoms with Crippen LogP contribution in [0.25, 0.3) is 10.9 Å². The van der Waals surface area contributed by atoms with E-state index in [0.717, 1.165) is 25.9 Å². The minimum absolute atomic E-state index is 0.0107. The van der Waals surface area contributed by atoms with E-state index in [1.807, 2.05) is 0 Å². The van der Waals surface area contributed by atoms with Crippen LogP contribution < -0.4 is 10.1 Å². The minimum atomic E-state index is -0.318. The summed E-state index contributed by atoms with van der Waals surface area (Å²) in [6, 6.07) is 6.69. The highest BCUT2D eigenvalue weighted by atomic mass is 16.5. The van der Waals surface area contributed by atoms with E-state index in [9.17, 15) is 14.4 Å². The SMILES string of the molecule is O=CCOc1ccc2c(C(=O)NCC(=O)N3CCCC3)ccnc2c1. The molecular weight excluding hydrogens is 322 g/mol. The normalized spacial score (nSPS) is 13.7. The Morgan fingerprint density at radius 2 is 2.04 bits per heavy atom. The first-order valence-electron chi connectivity index (χ1n) is 8.20. The van der Waals surface area contributed by atoms with E-state index in [0.29, 0.717) is 28.5 Å². The number of hydrogen-bond acceptors (Lipinski definition) is 5. The number of amides is 2. The molecule has 0 radical (unpaired) electrons. The van der Waals surface area contributed by atoms with Crippen molar-refractivity contribution >= 4 is 29.0 Å². The van der Waals surface area contributed by atoms with Gasteiger partial charge in [-0.3, -0.25) is 19.4 Å². The second-order valence-corrected chi connectivity index (χ2v) is 5.79. The molecule has 1 aromatic carbocycles. The first-order chi connectivity index (χ1) is 12.2.